The maximum atomic E-state index is 11.7. The summed E-state index contributed by atoms with van der Waals surface area (Å²) in [5, 5.41) is 4.75. The van der Waals surface area contributed by atoms with Gasteiger partial charge in [-0.3, -0.25) is 9.59 Å². The molecule has 0 aromatic heterocycles. The zero-order chi connectivity index (χ0) is 14.4. The van der Waals surface area contributed by atoms with Crippen LogP contribution in [-0.4, -0.2) is 18.4 Å². The fourth-order valence-corrected chi connectivity index (χ4v) is 1.57. The second-order valence-electron chi connectivity index (χ2n) is 3.45. The molecule has 2 N–H and O–H groups in total. The molecule has 0 aliphatic carbocycles. The van der Waals surface area contributed by atoms with Crippen LogP contribution in [0.3, 0.4) is 0 Å². The number of amides is 2. The van der Waals surface area contributed by atoms with E-state index in [1.165, 1.54) is 0 Å². The number of hydrogen-bond donors (Lipinski definition) is 2. The Morgan fingerprint density at radius 1 is 1.05 bits per heavy atom. The Labute approximate surface area is 125 Å². The topological polar surface area (TPSA) is 58.2 Å². The van der Waals surface area contributed by atoms with Crippen molar-refractivity contribution in [2.45, 2.75) is 6.92 Å². The summed E-state index contributed by atoms with van der Waals surface area (Å²) in [6, 6.07) is 6.43. The fourth-order valence-electron chi connectivity index (χ4n) is 1.16. The number of carbonyl (C=O) groups excluding carboxylic acids is 2. The van der Waals surface area contributed by atoms with Crippen molar-refractivity contribution < 1.29 is 9.59 Å². The maximum Gasteiger partial charge on any atom is 0.268 e. The molecule has 1 aromatic carbocycles. The largest absolute Gasteiger partial charge is 0.352 e. The van der Waals surface area contributed by atoms with Crippen LogP contribution in [0.1, 0.15) is 6.92 Å². The van der Waals surface area contributed by atoms with Crippen molar-refractivity contribution in [2.24, 2.45) is 0 Å². The van der Waals surface area contributed by atoms with Crippen molar-refractivity contribution in [1.82, 2.24) is 5.32 Å². The first-order valence-electron chi connectivity index (χ1n) is 5.36. The van der Waals surface area contributed by atoms with Crippen molar-refractivity contribution in [3.63, 3.8) is 0 Å². The summed E-state index contributed by atoms with van der Waals surface area (Å²) in [6.07, 6.45) is 0. The van der Waals surface area contributed by atoms with E-state index in [0.717, 1.165) is 0 Å². The Morgan fingerprint density at radius 2 is 1.58 bits per heavy atom. The molecule has 0 saturated carbocycles. The molecule has 2 amide bonds. The number of rotatable bonds is 4. The van der Waals surface area contributed by atoms with Gasteiger partial charge in [0.15, 0.2) is 0 Å². The Kier molecular flexibility index (Phi) is 6.15. The van der Waals surface area contributed by atoms with Crippen LogP contribution in [0.15, 0.2) is 34.3 Å². The summed E-state index contributed by atoms with van der Waals surface area (Å²) in [4.78, 5) is 23.2. The molecule has 0 saturated heterocycles. The summed E-state index contributed by atoms with van der Waals surface area (Å²) >= 11 is 17.2. The zero-order valence-electron chi connectivity index (χ0n) is 9.97. The minimum atomic E-state index is -0.666. The molecule has 1 rings (SSSR count). The molecule has 102 valence electrons. The highest BCUT2D eigenvalue weighted by atomic mass is 35.5. The molecule has 0 aliphatic heterocycles. The van der Waals surface area contributed by atoms with Crippen molar-refractivity contribution in [2.75, 3.05) is 11.9 Å². The van der Waals surface area contributed by atoms with Gasteiger partial charge in [0.05, 0.1) is 0 Å². The number of anilines is 1. The average molecular weight is 322 g/mol. The lowest BCUT2D eigenvalue weighted by atomic mass is 10.3. The second kappa shape index (κ2) is 7.38. The Balaban J connectivity index is 2.79. The van der Waals surface area contributed by atoms with E-state index in [9.17, 15) is 9.59 Å². The molecule has 0 aliphatic rings. The van der Waals surface area contributed by atoms with Gasteiger partial charge >= 0.3 is 0 Å². The van der Waals surface area contributed by atoms with E-state index in [-0.39, 0.29) is 10.1 Å². The monoisotopic (exact) mass is 320 g/mol. The van der Waals surface area contributed by atoms with Crippen LogP contribution >= 0.6 is 34.8 Å². The van der Waals surface area contributed by atoms with Crippen molar-refractivity contribution in [3.8, 4) is 0 Å². The smallest absolute Gasteiger partial charge is 0.268 e. The number of benzene rings is 1. The number of carbonyl (C=O) groups is 2. The molecule has 1 aromatic rings. The predicted molar refractivity (Wildman–Crippen MR) is 77.5 cm³/mol. The lowest BCUT2D eigenvalue weighted by molar-refractivity contribution is -0.117. The van der Waals surface area contributed by atoms with E-state index in [2.05, 4.69) is 10.6 Å². The average Bonchev–Trinajstić information content (AvgIpc) is 2.39. The lowest BCUT2D eigenvalue weighted by Crippen LogP contribution is -2.25. The quantitative estimate of drug-likeness (QED) is 0.837. The van der Waals surface area contributed by atoms with Gasteiger partial charge in [-0.2, -0.15) is 0 Å². The Morgan fingerprint density at radius 3 is 2.11 bits per heavy atom. The molecule has 0 heterocycles. The van der Waals surface area contributed by atoms with Crippen LogP contribution in [0.2, 0.25) is 5.02 Å². The Hall–Kier alpha value is -1.23. The van der Waals surface area contributed by atoms with Crippen molar-refractivity contribution in [3.05, 3.63) is 39.4 Å². The summed E-state index contributed by atoms with van der Waals surface area (Å²) in [7, 11) is 0. The molecule has 19 heavy (non-hydrogen) atoms. The molecule has 0 radical (unpaired) electrons. The van der Waals surface area contributed by atoms with Crippen LogP contribution in [0.5, 0.6) is 0 Å². The highest BCUT2D eigenvalue weighted by molar-refractivity contribution is 6.54. The summed E-state index contributed by atoms with van der Waals surface area (Å²) in [5.74, 6) is -1.26. The fraction of sp³-hybridized carbons (Fsp3) is 0.167. The van der Waals surface area contributed by atoms with E-state index in [4.69, 9.17) is 34.8 Å². The molecule has 0 unspecified atom stereocenters. The van der Waals surface area contributed by atoms with Crippen LogP contribution in [0.25, 0.3) is 0 Å². The van der Waals surface area contributed by atoms with E-state index in [0.29, 0.717) is 17.3 Å². The first kappa shape index (κ1) is 15.8. The molecule has 7 heteroatoms. The van der Waals surface area contributed by atoms with Crippen LogP contribution in [0, 0.1) is 0 Å². The minimum Gasteiger partial charge on any atom is -0.352 e. The predicted octanol–water partition coefficient (Wildman–Crippen LogP) is 3.10. The van der Waals surface area contributed by atoms with Gasteiger partial charge in [-0.15, -0.1) is 0 Å². The van der Waals surface area contributed by atoms with E-state index in [1.54, 1.807) is 31.2 Å². The summed E-state index contributed by atoms with van der Waals surface area (Å²) in [6.45, 7) is 2.11. The number of halogens is 3. The van der Waals surface area contributed by atoms with Crippen LogP contribution in [0.4, 0.5) is 5.69 Å². The summed E-state index contributed by atoms with van der Waals surface area (Å²) < 4.78 is 0. The maximum absolute atomic E-state index is 11.7. The molecule has 0 spiro atoms. The van der Waals surface area contributed by atoms with E-state index >= 15 is 0 Å². The first-order valence-corrected chi connectivity index (χ1v) is 6.49. The van der Waals surface area contributed by atoms with Gasteiger partial charge in [0.25, 0.3) is 11.8 Å². The van der Waals surface area contributed by atoms with Crippen LogP contribution < -0.4 is 10.6 Å². The highest BCUT2D eigenvalue weighted by Gasteiger charge is 2.17. The number of nitrogens with one attached hydrogen (secondary N) is 2. The van der Waals surface area contributed by atoms with Gasteiger partial charge in [-0.05, 0) is 31.2 Å². The second-order valence-corrected chi connectivity index (χ2v) is 4.64. The molecular weight excluding hydrogens is 311 g/mol. The molecule has 0 fully saturated rings. The van der Waals surface area contributed by atoms with E-state index < -0.39 is 11.8 Å². The number of hydrogen-bond acceptors (Lipinski definition) is 2. The third-order valence-corrected chi connectivity index (χ3v) is 3.10. The van der Waals surface area contributed by atoms with Crippen molar-refractivity contribution >= 4 is 52.3 Å². The minimum absolute atomic E-state index is 0.352. The van der Waals surface area contributed by atoms with Gasteiger partial charge in [-0.25, -0.2) is 0 Å². The Bertz CT molecular complexity index is 512. The van der Waals surface area contributed by atoms with Gasteiger partial charge in [-0.1, -0.05) is 34.8 Å². The van der Waals surface area contributed by atoms with Gasteiger partial charge in [0.2, 0.25) is 0 Å². The zero-order valence-corrected chi connectivity index (χ0v) is 12.2. The lowest BCUT2D eigenvalue weighted by Gasteiger charge is -2.06. The van der Waals surface area contributed by atoms with Crippen molar-refractivity contribution in [1.29, 1.82) is 0 Å². The SMILES string of the molecule is CCNC(=O)/C(Cl)=C(/Cl)C(=O)Nc1ccc(Cl)cc1. The molecule has 0 bridgehead atoms. The van der Waals surface area contributed by atoms with E-state index in [1.807, 2.05) is 0 Å². The third kappa shape index (κ3) is 4.74. The van der Waals surface area contributed by atoms with Crippen LogP contribution in [-0.2, 0) is 9.59 Å². The molecule has 4 nitrogen and oxygen atoms in total. The standard InChI is InChI=1S/C12H11Cl3N2O2/c1-2-16-11(18)9(14)10(15)12(19)17-8-5-3-7(13)4-6-8/h3-6H,2H2,1H3,(H,16,18)(H,17,19)/b10-9-. The summed E-state index contributed by atoms with van der Waals surface area (Å²) in [5.41, 5.74) is 0.493. The molecular formula is C12H11Cl3N2O2. The highest BCUT2D eigenvalue weighted by Crippen LogP contribution is 2.18. The normalized spacial score (nSPS) is 11.6. The van der Waals surface area contributed by atoms with Gasteiger partial charge < -0.3 is 10.6 Å². The van der Waals surface area contributed by atoms with Gasteiger partial charge in [0, 0.05) is 17.3 Å². The number of likely N-dealkylation sites (N-methyl/N-ethyl adjacent to an activating group) is 1. The van der Waals surface area contributed by atoms with Gasteiger partial charge in [0.1, 0.15) is 10.1 Å². The third-order valence-electron chi connectivity index (χ3n) is 2.03. The first-order chi connectivity index (χ1) is 8.95. The molecule has 0 atom stereocenters.